The lowest BCUT2D eigenvalue weighted by Gasteiger charge is -2.24. The van der Waals surface area contributed by atoms with Crippen LogP contribution in [0.4, 0.5) is 0 Å². The molecule has 1 N–H and O–H groups in total. The molecule has 1 fully saturated rings. The van der Waals surface area contributed by atoms with Crippen LogP contribution < -0.4 is 10.1 Å². The second-order valence-corrected chi connectivity index (χ2v) is 6.05. The average Bonchev–Trinajstić information content (AvgIpc) is 2.95. The normalized spacial score (nSPS) is 19.8. The number of likely N-dealkylation sites (N-methyl/N-ethyl adjacent to an activating group) is 1. The fraction of sp³-hybridized carbons (Fsp3) is 0.556. The maximum absolute atomic E-state index is 5.59. The molecule has 1 aromatic carbocycles. The molecule has 0 amide bonds. The zero-order chi connectivity index (χ0) is 13.8. The number of hydrogen-bond donors (Lipinski definition) is 1. The van der Waals surface area contributed by atoms with E-state index in [1.165, 1.54) is 43.2 Å². The molecule has 2 nitrogen and oxygen atoms in total. The van der Waals surface area contributed by atoms with Crippen LogP contribution in [0.2, 0.25) is 0 Å². The maximum Gasteiger partial charge on any atom is 0.122 e. The summed E-state index contributed by atoms with van der Waals surface area (Å²) in [5.74, 6) is 1.86. The van der Waals surface area contributed by atoms with Crippen molar-refractivity contribution in [1.82, 2.24) is 5.32 Å². The summed E-state index contributed by atoms with van der Waals surface area (Å²) in [7, 11) is 2.05. The summed E-state index contributed by atoms with van der Waals surface area (Å²) >= 11 is 0. The van der Waals surface area contributed by atoms with Crippen molar-refractivity contribution < 1.29 is 4.74 Å². The third-order valence-corrected chi connectivity index (χ3v) is 4.58. The Labute approximate surface area is 122 Å². The third kappa shape index (κ3) is 3.06. The van der Waals surface area contributed by atoms with Gasteiger partial charge in [-0.3, -0.25) is 0 Å². The van der Waals surface area contributed by atoms with Gasteiger partial charge < -0.3 is 10.1 Å². The molecule has 0 saturated heterocycles. The molecule has 3 rings (SSSR count). The number of ether oxygens (including phenoxy) is 1. The molecule has 20 heavy (non-hydrogen) atoms. The van der Waals surface area contributed by atoms with Crippen molar-refractivity contribution >= 4 is 6.08 Å². The highest BCUT2D eigenvalue weighted by Crippen LogP contribution is 2.32. The summed E-state index contributed by atoms with van der Waals surface area (Å²) in [6, 6.07) is 6.63. The molecular weight excluding hydrogens is 246 g/mol. The van der Waals surface area contributed by atoms with Gasteiger partial charge in [-0.2, -0.15) is 0 Å². The molecule has 108 valence electrons. The first-order chi connectivity index (χ1) is 9.86. The zero-order valence-corrected chi connectivity index (χ0v) is 12.5. The number of hydrogen-bond acceptors (Lipinski definition) is 2. The zero-order valence-electron chi connectivity index (χ0n) is 12.5. The molecular formula is C18H25NO. The van der Waals surface area contributed by atoms with E-state index < -0.39 is 0 Å². The highest BCUT2D eigenvalue weighted by atomic mass is 16.5. The van der Waals surface area contributed by atoms with E-state index in [-0.39, 0.29) is 0 Å². The molecule has 2 heteroatoms. The average molecular weight is 271 g/mol. The highest BCUT2D eigenvalue weighted by Gasteiger charge is 2.18. The van der Waals surface area contributed by atoms with Crippen LogP contribution in [0, 0.1) is 5.92 Å². The van der Waals surface area contributed by atoms with Gasteiger partial charge in [0.2, 0.25) is 0 Å². The molecule has 0 unspecified atom stereocenters. The molecule has 2 aliphatic rings. The fourth-order valence-corrected chi connectivity index (χ4v) is 3.50. The van der Waals surface area contributed by atoms with Crippen molar-refractivity contribution in [1.29, 1.82) is 0 Å². The molecule has 1 aromatic rings. The lowest BCUT2D eigenvalue weighted by Crippen LogP contribution is -2.19. The Morgan fingerprint density at radius 3 is 2.95 bits per heavy atom. The third-order valence-electron chi connectivity index (χ3n) is 4.58. The van der Waals surface area contributed by atoms with E-state index in [0.29, 0.717) is 0 Å². The van der Waals surface area contributed by atoms with Gasteiger partial charge in [0, 0.05) is 13.0 Å². The second kappa shape index (κ2) is 6.45. The number of benzene rings is 1. The minimum Gasteiger partial charge on any atom is -0.493 e. The Morgan fingerprint density at radius 1 is 1.30 bits per heavy atom. The van der Waals surface area contributed by atoms with Gasteiger partial charge in [-0.05, 0) is 49.1 Å². The van der Waals surface area contributed by atoms with Crippen LogP contribution in [-0.2, 0) is 6.42 Å². The van der Waals surface area contributed by atoms with E-state index in [9.17, 15) is 0 Å². The van der Waals surface area contributed by atoms with E-state index in [0.717, 1.165) is 31.2 Å². The summed E-state index contributed by atoms with van der Waals surface area (Å²) in [5.41, 5.74) is 4.28. The van der Waals surface area contributed by atoms with Gasteiger partial charge in [0.15, 0.2) is 0 Å². The van der Waals surface area contributed by atoms with Crippen molar-refractivity contribution in [2.24, 2.45) is 5.92 Å². The monoisotopic (exact) mass is 271 g/mol. The summed E-state index contributed by atoms with van der Waals surface area (Å²) in [6.45, 7) is 1.85. The van der Waals surface area contributed by atoms with Gasteiger partial charge in [0.05, 0.1) is 6.61 Å². The van der Waals surface area contributed by atoms with Crippen molar-refractivity contribution in [3.05, 3.63) is 34.9 Å². The predicted octanol–water partition coefficient (Wildman–Crippen LogP) is 3.80. The molecule has 1 saturated carbocycles. The first-order valence-electron chi connectivity index (χ1n) is 7.97. The van der Waals surface area contributed by atoms with Crippen LogP contribution in [0.3, 0.4) is 0 Å². The minimum absolute atomic E-state index is 0.778. The second-order valence-electron chi connectivity index (χ2n) is 6.05. The van der Waals surface area contributed by atoms with Crippen LogP contribution >= 0.6 is 0 Å². The molecule has 1 heterocycles. The SMILES string of the molecule is CNC/C(=C/c1ccc2c(c1)CCO2)C1CCCCC1. The van der Waals surface area contributed by atoms with Gasteiger partial charge in [0.25, 0.3) is 0 Å². The standard InChI is InChI=1S/C18H25NO/c1-19-13-17(15-5-3-2-4-6-15)12-14-7-8-18-16(11-14)9-10-20-18/h7-8,11-12,15,19H,2-6,9-10,13H2,1H3/b17-12-. The molecule has 0 radical (unpaired) electrons. The van der Waals surface area contributed by atoms with Gasteiger partial charge in [0.1, 0.15) is 5.75 Å². The Hall–Kier alpha value is -1.28. The molecule has 0 spiro atoms. The quantitative estimate of drug-likeness (QED) is 0.899. The lowest BCUT2D eigenvalue weighted by atomic mass is 9.83. The van der Waals surface area contributed by atoms with Crippen molar-refractivity contribution in [2.45, 2.75) is 38.5 Å². The van der Waals surface area contributed by atoms with Gasteiger partial charge in [-0.25, -0.2) is 0 Å². The van der Waals surface area contributed by atoms with Gasteiger partial charge >= 0.3 is 0 Å². The molecule has 1 aliphatic heterocycles. The van der Waals surface area contributed by atoms with E-state index in [1.54, 1.807) is 5.57 Å². The smallest absolute Gasteiger partial charge is 0.122 e. The molecule has 1 aliphatic carbocycles. The van der Waals surface area contributed by atoms with Gasteiger partial charge in [-0.1, -0.05) is 37.0 Å². The lowest BCUT2D eigenvalue weighted by molar-refractivity contribution is 0.357. The van der Waals surface area contributed by atoms with Crippen LogP contribution in [0.1, 0.15) is 43.2 Å². The van der Waals surface area contributed by atoms with Crippen LogP contribution in [0.15, 0.2) is 23.8 Å². The first-order valence-corrected chi connectivity index (χ1v) is 7.97. The highest BCUT2D eigenvalue weighted by molar-refractivity contribution is 5.57. The van der Waals surface area contributed by atoms with E-state index >= 15 is 0 Å². The maximum atomic E-state index is 5.59. The molecule has 0 atom stereocenters. The summed E-state index contributed by atoms with van der Waals surface area (Å²) in [6.07, 6.45) is 10.4. The van der Waals surface area contributed by atoms with E-state index in [2.05, 4.69) is 29.6 Å². The Bertz CT molecular complexity index is 486. The van der Waals surface area contributed by atoms with Crippen molar-refractivity contribution in [3.63, 3.8) is 0 Å². The Kier molecular flexibility index (Phi) is 4.41. The van der Waals surface area contributed by atoms with Crippen LogP contribution in [0.5, 0.6) is 5.75 Å². The summed E-state index contributed by atoms with van der Waals surface area (Å²) in [5, 5.41) is 3.34. The molecule has 0 bridgehead atoms. The fourth-order valence-electron chi connectivity index (χ4n) is 3.50. The summed E-state index contributed by atoms with van der Waals surface area (Å²) in [4.78, 5) is 0. The van der Waals surface area contributed by atoms with Crippen molar-refractivity contribution in [3.8, 4) is 5.75 Å². The Morgan fingerprint density at radius 2 is 2.15 bits per heavy atom. The van der Waals surface area contributed by atoms with Crippen molar-refractivity contribution in [2.75, 3.05) is 20.2 Å². The Balaban J connectivity index is 1.82. The first kappa shape index (κ1) is 13.7. The summed E-state index contributed by atoms with van der Waals surface area (Å²) < 4.78 is 5.59. The number of nitrogens with one attached hydrogen (secondary N) is 1. The predicted molar refractivity (Wildman–Crippen MR) is 84.1 cm³/mol. The van der Waals surface area contributed by atoms with E-state index in [4.69, 9.17) is 4.74 Å². The van der Waals surface area contributed by atoms with Crippen LogP contribution in [-0.4, -0.2) is 20.2 Å². The van der Waals surface area contributed by atoms with Crippen LogP contribution in [0.25, 0.3) is 6.08 Å². The molecule has 0 aromatic heterocycles. The van der Waals surface area contributed by atoms with E-state index in [1.807, 2.05) is 7.05 Å². The number of fused-ring (bicyclic) bond motifs is 1. The number of rotatable bonds is 4. The van der Waals surface area contributed by atoms with Gasteiger partial charge in [-0.15, -0.1) is 0 Å². The largest absolute Gasteiger partial charge is 0.493 e. The topological polar surface area (TPSA) is 21.3 Å². The minimum atomic E-state index is 0.778.